The van der Waals surface area contributed by atoms with Crippen molar-refractivity contribution in [1.82, 2.24) is 15.2 Å². The summed E-state index contributed by atoms with van der Waals surface area (Å²) in [6.45, 7) is 2.81. The van der Waals surface area contributed by atoms with Crippen molar-refractivity contribution in [3.8, 4) is 11.1 Å². The largest absolute Gasteiger partial charge is 0.317 e. The van der Waals surface area contributed by atoms with Crippen LogP contribution in [0.5, 0.6) is 0 Å². The summed E-state index contributed by atoms with van der Waals surface area (Å²) < 4.78 is 14.5. The Morgan fingerprint density at radius 3 is 2.74 bits per heavy atom. The predicted octanol–water partition coefficient (Wildman–Crippen LogP) is 3.46. The fraction of sp³-hybridized carbons (Fsp3) is 0.421. The van der Waals surface area contributed by atoms with E-state index in [-0.39, 0.29) is 5.82 Å². The lowest BCUT2D eigenvalue weighted by Crippen LogP contribution is -2.32. The maximum absolute atomic E-state index is 14.5. The second kappa shape index (κ2) is 7.66. The van der Waals surface area contributed by atoms with Crippen molar-refractivity contribution in [3.63, 3.8) is 0 Å². The van der Waals surface area contributed by atoms with Gasteiger partial charge in [0.15, 0.2) is 0 Å². The zero-order chi connectivity index (χ0) is 16.1. The molecule has 3 rings (SSSR count). The van der Waals surface area contributed by atoms with E-state index in [9.17, 15) is 4.39 Å². The van der Waals surface area contributed by atoms with Gasteiger partial charge in [-0.15, -0.1) is 0 Å². The Balaban J connectivity index is 1.70. The fourth-order valence-electron chi connectivity index (χ4n) is 3.24. The van der Waals surface area contributed by atoms with Crippen molar-refractivity contribution >= 4 is 0 Å². The molecule has 0 saturated carbocycles. The first-order valence-electron chi connectivity index (χ1n) is 8.34. The summed E-state index contributed by atoms with van der Waals surface area (Å²) in [6.07, 6.45) is 6.97. The van der Waals surface area contributed by atoms with E-state index < -0.39 is 0 Å². The third-order valence-electron chi connectivity index (χ3n) is 4.66. The van der Waals surface area contributed by atoms with Crippen LogP contribution in [0.3, 0.4) is 0 Å². The van der Waals surface area contributed by atoms with Crippen LogP contribution in [0.15, 0.2) is 42.7 Å². The van der Waals surface area contributed by atoms with Crippen molar-refractivity contribution in [3.05, 3.63) is 54.1 Å². The minimum absolute atomic E-state index is 0.127. The van der Waals surface area contributed by atoms with Crippen LogP contribution in [0.2, 0.25) is 0 Å². The first kappa shape index (κ1) is 16.1. The number of hydrogen-bond donors (Lipinski definition) is 1. The first-order valence-corrected chi connectivity index (χ1v) is 8.34. The van der Waals surface area contributed by atoms with Crippen LogP contribution in [0.25, 0.3) is 11.1 Å². The highest BCUT2D eigenvalue weighted by Gasteiger charge is 2.18. The lowest BCUT2D eigenvalue weighted by molar-refractivity contribution is 0.214. The minimum Gasteiger partial charge on any atom is -0.317 e. The molecule has 1 atom stereocenters. The molecule has 0 radical (unpaired) electrons. The number of rotatable bonds is 4. The number of nitrogens with zero attached hydrogens (tertiary/aromatic N) is 2. The average molecular weight is 313 g/mol. The van der Waals surface area contributed by atoms with Gasteiger partial charge in [-0.05, 0) is 68.7 Å². The van der Waals surface area contributed by atoms with Gasteiger partial charge in [-0.2, -0.15) is 0 Å². The van der Waals surface area contributed by atoms with E-state index in [1.807, 2.05) is 24.3 Å². The van der Waals surface area contributed by atoms with Gasteiger partial charge in [0.25, 0.3) is 0 Å². The van der Waals surface area contributed by atoms with Crippen LogP contribution in [0.1, 0.15) is 24.8 Å². The standard InChI is InChI=1S/C19H24FN3/c1-23(18-3-2-9-21-12-8-18)14-17-5-4-16(13-19(17)20)15-6-10-22-11-7-15/h4-7,10-11,13,18,21H,2-3,8-9,12,14H2,1H3. The van der Waals surface area contributed by atoms with Crippen molar-refractivity contribution in [1.29, 1.82) is 0 Å². The maximum atomic E-state index is 14.5. The molecule has 0 bridgehead atoms. The van der Waals surface area contributed by atoms with Crippen LogP contribution in [-0.4, -0.2) is 36.1 Å². The molecule has 1 fully saturated rings. The fourth-order valence-corrected chi connectivity index (χ4v) is 3.24. The average Bonchev–Trinajstić information content (AvgIpc) is 2.87. The topological polar surface area (TPSA) is 28.2 Å². The van der Waals surface area contributed by atoms with Gasteiger partial charge < -0.3 is 5.32 Å². The molecule has 1 aromatic carbocycles. The van der Waals surface area contributed by atoms with Crippen LogP contribution in [0, 0.1) is 5.82 Å². The third kappa shape index (κ3) is 4.15. The molecular weight excluding hydrogens is 289 g/mol. The van der Waals surface area contributed by atoms with Crippen molar-refractivity contribution in [2.24, 2.45) is 0 Å². The molecule has 1 aromatic heterocycles. The molecule has 1 saturated heterocycles. The van der Waals surface area contributed by atoms with Crippen molar-refractivity contribution in [2.45, 2.75) is 31.8 Å². The van der Waals surface area contributed by atoms with Crippen LogP contribution >= 0.6 is 0 Å². The van der Waals surface area contributed by atoms with Gasteiger partial charge in [0.1, 0.15) is 5.82 Å². The smallest absolute Gasteiger partial charge is 0.128 e. The van der Waals surface area contributed by atoms with Crippen molar-refractivity contribution < 1.29 is 4.39 Å². The van der Waals surface area contributed by atoms with Gasteiger partial charge in [0.05, 0.1) is 0 Å². The Kier molecular flexibility index (Phi) is 5.36. The van der Waals surface area contributed by atoms with Gasteiger partial charge in [-0.25, -0.2) is 4.39 Å². The minimum atomic E-state index is -0.127. The summed E-state index contributed by atoms with van der Waals surface area (Å²) in [5.41, 5.74) is 2.66. The van der Waals surface area contributed by atoms with E-state index in [1.165, 1.54) is 12.8 Å². The molecule has 122 valence electrons. The Hall–Kier alpha value is -1.78. The highest BCUT2D eigenvalue weighted by Crippen LogP contribution is 2.23. The highest BCUT2D eigenvalue weighted by molar-refractivity contribution is 5.63. The second-order valence-corrected chi connectivity index (χ2v) is 6.29. The zero-order valence-electron chi connectivity index (χ0n) is 13.6. The van der Waals surface area contributed by atoms with Crippen LogP contribution in [-0.2, 0) is 6.54 Å². The predicted molar refractivity (Wildman–Crippen MR) is 91.6 cm³/mol. The van der Waals surface area contributed by atoms with E-state index in [1.54, 1.807) is 18.5 Å². The summed E-state index contributed by atoms with van der Waals surface area (Å²) in [5.74, 6) is -0.127. The van der Waals surface area contributed by atoms with E-state index in [0.29, 0.717) is 12.6 Å². The second-order valence-electron chi connectivity index (χ2n) is 6.29. The van der Waals surface area contributed by atoms with Gasteiger partial charge in [-0.3, -0.25) is 9.88 Å². The Morgan fingerprint density at radius 2 is 1.96 bits per heavy atom. The molecule has 4 heteroatoms. The molecule has 1 aliphatic rings. The number of nitrogens with one attached hydrogen (secondary N) is 1. The van der Waals surface area contributed by atoms with E-state index >= 15 is 0 Å². The first-order chi connectivity index (χ1) is 11.2. The molecule has 2 aromatic rings. The van der Waals surface area contributed by atoms with Crippen LogP contribution in [0.4, 0.5) is 4.39 Å². The number of halogens is 1. The zero-order valence-corrected chi connectivity index (χ0v) is 13.6. The van der Waals surface area contributed by atoms with Crippen LogP contribution < -0.4 is 5.32 Å². The molecule has 0 spiro atoms. The lowest BCUT2D eigenvalue weighted by Gasteiger charge is -2.27. The molecule has 2 heterocycles. The van der Waals surface area contributed by atoms with Gasteiger partial charge >= 0.3 is 0 Å². The number of hydrogen-bond acceptors (Lipinski definition) is 3. The van der Waals surface area contributed by atoms with E-state index in [2.05, 4.69) is 22.2 Å². The summed E-state index contributed by atoms with van der Waals surface area (Å²) in [7, 11) is 2.10. The third-order valence-corrected chi connectivity index (χ3v) is 4.66. The summed E-state index contributed by atoms with van der Waals surface area (Å²) in [4.78, 5) is 6.29. The lowest BCUT2D eigenvalue weighted by atomic mass is 10.0. The molecular formula is C19H24FN3. The molecule has 0 aliphatic carbocycles. The van der Waals surface area contributed by atoms with Gasteiger partial charge in [-0.1, -0.05) is 12.1 Å². The Morgan fingerprint density at radius 1 is 1.13 bits per heavy atom. The SMILES string of the molecule is CN(Cc1ccc(-c2ccncc2)cc1F)C1CCCNCC1. The van der Waals surface area contributed by atoms with Gasteiger partial charge in [0.2, 0.25) is 0 Å². The van der Waals surface area contributed by atoms with Crippen molar-refractivity contribution in [2.75, 3.05) is 20.1 Å². The van der Waals surface area contributed by atoms with E-state index in [0.717, 1.165) is 36.2 Å². The number of aromatic nitrogens is 1. The normalized spacial score (nSPS) is 18.8. The summed E-state index contributed by atoms with van der Waals surface area (Å²) in [5, 5.41) is 3.43. The molecule has 3 nitrogen and oxygen atoms in total. The summed E-state index contributed by atoms with van der Waals surface area (Å²) in [6, 6.07) is 9.88. The molecule has 0 amide bonds. The molecule has 1 unspecified atom stereocenters. The number of pyridine rings is 1. The summed E-state index contributed by atoms with van der Waals surface area (Å²) >= 11 is 0. The quantitative estimate of drug-likeness (QED) is 0.937. The van der Waals surface area contributed by atoms with Gasteiger partial charge in [0, 0.05) is 30.5 Å². The Bertz CT molecular complexity index is 622. The molecule has 1 N–H and O–H groups in total. The molecule has 23 heavy (non-hydrogen) atoms. The van der Waals surface area contributed by atoms with E-state index in [4.69, 9.17) is 0 Å². The Labute approximate surface area is 137 Å². The maximum Gasteiger partial charge on any atom is 0.128 e. The number of benzene rings is 1. The highest BCUT2D eigenvalue weighted by atomic mass is 19.1. The monoisotopic (exact) mass is 313 g/mol. The molecule has 1 aliphatic heterocycles.